The first-order valence-electron chi connectivity index (χ1n) is 4.26. The zero-order chi connectivity index (χ0) is 9.71. The molecule has 1 aromatic carbocycles. The van der Waals surface area contributed by atoms with Gasteiger partial charge in [0, 0.05) is 0 Å². The number of benzene rings is 1. The molecule has 3 rings (SSSR count). The second-order valence-corrected chi connectivity index (χ2v) is 3.24. The molecule has 4 heteroatoms. The molecule has 0 fully saturated rings. The number of oxazole rings is 1. The zero-order valence-corrected chi connectivity index (χ0v) is 7.56. The quantitative estimate of drug-likeness (QED) is 0.422. The number of hydrogen-bond donors (Lipinski definition) is 1. The van der Waals surface area contributed by atoms with Crippen LogP contribution in [0.5, 0.6) is 5.75 Å². The monoisotopic (exact) mass is 188 g/mol. The first-order chi connectivity index (χ1) is 6.75. The van der Waals surface area contributed by atoms with Gasteiger partial charge in [-0.2, -0.15) is 0 Å². The lowest BCUT2D eigenvalue weighted by Gasteiger charge is -1.93. The number of aromatic hydroxyl groups is 1. The molecule has 0 radical (unpaired) electrons. The second kappa shape index (κ2) is 2.29. The van der Waals surface area contributed by atoms with E-state index in [1.807, 2.05) is 13.1 Å². The van der Waals surface area contributed by atoms with Crippen molar-refractivity contribution in [2.24, 2.45) is 7.05 Å². The van der Waals surface area contributed by atoms with Gasteiger partial charge in [0.25, 0.3) is 0 Å². The zero-order valence-electron chi connectivity index (χ0n) is 7.56. The average Bonchev–Trinajstić information content (AvgIpc) is 2.60. The Morgan fingerprint density at radius 2 is 2.36 bits per heavy atom. The highest BCUT2D eigenvalue weighted by Crippen LogP contribution is 2.26. The maximum atomic E-state index is 9.66. The number of hydrogen-bond acceptors (Lipinski definition) is 2. The lowest BCUT2D eigenvalue weighted by molar-refractivity contribution is -0.674. The molecular weight excluding hydrogens is 180 g/mol. The number of aryl methyl sites for hydroxylation is 1. The molecule has 0 saturated heterocycles. The minimum Gasteiger partial charge on any atom is -0.513 e. The number of fused-ring (bicyclic) bond motifs is 3. The molecule has 1 N–H and O–H groups in total. The van der Waals surface area contributed by atoms with Crippen LogP contribution in [0.1, 0.15) is 0 Å². The number of aromatic nitrogens is 2. The molecule has 70 valence electrons. The van der Waals surface area contributed by atoms with Gasteiger partial charge < -0.3 is 14.1 Å². The van der Waals surface area contributed by atoms with E-state index < -0.39 is 0 Å². The van der Waals surface area contributed by atoms with Gasteiger partial charge in [-0.15, -0.1) is 0 Å². The van der Waals surface area contributed by atoms with Gasteiger partial charge in [0.1, 0.15) is 16.8 Å². The van der Waals surface area contributed by atoms with Gasteiger partial charge in [-0.05, 0) is 12.1 Å². The molecule has 0 saturated carbocycles. The average molecular weight is 188 g/mol. The molecule has 0 aliphatic heterocycles. The summed E-state index contributed by atoms with van der Waals surface area (Å²) in [4.78, 5) is 0. The Hall–Kier alpha value is -1.97. The number of para-hydroxylation sites is 1. The predicted molar refractivity (Wildman–Crippen MR) is 48.8 cm³/mol. The summed E-state index contributed by atoms with van der Waals surface area (Å²) in [5, 5.41) is 9.66. The lowest BCUT2D eigenvalue weighted by Crippen LogP contribution is -2.24. The van der Waals surface area contributed by atoms with E-state index in [-0.39, 0.29) is 5.75 Å². The fraction of sp³-hybridized carbons (Fsp3) is 0.100. The standard InChI is InChI=1S/C10H8N2O2/c1-11-5-9-12(6-11)10-7(13)3-2-4-8(10)14-9/h2-5,13H,1H3. The maximum Gasteiger partial charge on any atom is 0.246 e. The Morgan fingerprint density at radius 1 is 1.50 bits per heavy atom. The molecule has 0 aliphatic rings. The van der Waals surface area contributed by atoms with Crippen molar-refractivity contribution >= 4 is 16.8 Å². The minimum absolute atomic E-state index is 0.203. The highest BCUT2D eigenvalue weighted by molar-refractivity contribution is 5.82. The Labute approximate surface area is 79.6 Å². The summed E-state index contributed by atoms with van der Waals surface area (Å²) < 4.78 is 8.96. The summed E-state index contributed by atoms with van der Waals surface area (Å²) >= 11 is 0. The van der Waals surface area contributed by atoms with Crippen molar-refractivity contribution < 1.29 is 14.1 Å². The first kappa shape index (κ1) is 7.44. The fourth-order valence-electron chi connectivity index (χ4n) is 1.62. The normalized spacial score (nSPS) is 11.5. The summed E-state index contributed by atoms with van der Waals surface area (Å²) in [5.41, 5.74) is 1.99. The van der Waals surface area contributed by atoms with Crippen molar-refractivity contribution in [3.63, 3.8) is 0 Å². The third-order valence-corrected chi connectivity index (χ3v) is 2.20. The molecule has 0 aliphatic carbocycles. The minimum atomic E-state index is 0.203. The van der Waals surface area contributed by atoms with E-state index in [0.29, 0.717) is 16.8 Å². The smallest absolute Gasteiger partial charge is 0.246 e. The van der Waals surface area contributed by atoms with Gasteiger partial charge >= 0.3 is 0 Å². The van der Waals surface area contributed by atoms with E-state index in [9.17, 15) is 5.11 Å². The number of rotatable bonds is 0. The summed E-state index contributed by atoms with van der Waals surface area (Å²) in [6.45, 7) is 0. The van der Waals surface area contributed by atoms with E-state index >= 15 is 0 Å². The highest BCUT2D eigenvalue weighted by atomic mass is 16.3. The van der Waals surface area contributed by atoms with E-state index in [4.69, 9.17) is 4.42 Å². The SMILES string of the molecule is C[n+]1[c-]n2c(c1)oc1cccc(O)c12. The Bertz CT molecular complexity index is 621. The number of imidazole rings is 1. The third-order valence-electron chi connectivity index (χ3n) is 2.20. The van der Waals surface area contributed by atoms with Crippen LogP contribution >= 0.6 is 0 Å². The second-order valence-electron chi connectivity index (χ2n) is 3.24. The van der Waals surface area contributed by atoms with Crippen LogP contribution in [-0.2, 0) is 7.05 Å². The topological polar surface area (TPSA) is 41.7 Å². The van der Waals surface area contributed by atoms with Crippen molar-refractivity contribution in [1.29, 1.82) is 0 Å². The highest BCUT2D eigenvalue weighted by Gasteiger charge is 2.09. The maximum absolute atomic E-state index is 9.66. The molecule has 0 atom stereocenters. The first-order valence-corrected chi connectivity index (χ1v) is 4.26. The molecule has 14 heavy (non-hydrogen) atoms. The molecule has 0 bridgehead atoms. The molecule has 0 spiro atoms. The van der Waals surface area contributed by atoms with Crippen LogP contribution in [0.3, 0.4) is 0 Å². The Balaban J connectivity index is 2.61. The van der Waals surface area contributed by atoms with Crippen molar-refractivity contribution in [2.75, 3.05) is 0 Å². The Kier molecular flexibility index (Phi) is 1.21. The fourth-order valence-corrected chi connectivity index (χ4v) is 1.62. The van der Waals surface area contributed by atoms with Gasteiger partial charge in [-0.3, -0.25) is 4.40 Å². The van der Waals surface area contributed by atoms with E-state index in [2.05, 4.69) is 6.33 Å². The predicted octanol–water partition coefficient (Wildman–Crippen LogP) is 1.02. The van der Waals surface area contributed by atoms with Crippen LogP contribution in [0.25, 0.3) is 16.8 Å². The van der Waals surface area contributed by atoms with Gasteiger partial charge in [-0.25, -0.2) is 0 Å². The molecule has 2 heterocycles. The van der Waals surface area contributed by atoms with E-state index in [0.717, 1.165) is 0 Å². The van der Waals surface area contributed by atoms with Crippen molar-refractivity contribution in [3.05, 3.63) is 30.7 Å². The summed E-state index contributed by atoms with van der Waals surface area (Å²) in [6.07, 6.45) is 4.81. The van der Waals surface area contributed by atoms with Gasteiger partial charge in [0.05, 0.1) is 13.2 Å². The van der Waals surface area contributed by atoms with Crippen molar-refractivity contribution in [2.45, 2.75) is 0 Å². The molecule has 0 amide bonds. The van der Waals surface area contributed by atoms with Crippen molar-refractivity contribution in [1.82, 2.24) is 4.40 Å². The third kappa shape index (κ3) is 0.797. The number of phenolic OH excluding ortho intramolecular Hbond substituents is 1. The van der Waals surface area contributed by atoms with Crippen LogP contribution in [0.2, 0.25) is 0 Å². The van der Waals surface area contributed by atoms with E-state index in [1.54, 1.807) is 27.3 Å². The van der Waals surface area contributed by atoms with Crippen LogP contribution in [0.4, 0.5) is 0 Å². The molecule has 2 aromatic heterocycles. The summed E-state index contributed by atoms with van der Waals surface area (Å²) in [5.74, 6) is 0.203. The van der Waals surface area contributed by atoms with Gasteiger partial charge in [-0.1, -0.05) is 6.07 Å². The van der Waals surface area contributed by atoms with E-state index in [1.165, 1.54) is 0 Å². The molecule has 4 nitrogen and oxygen atoms in total. The lowest BCUT2D eigenvalue weighted by atomic mass is 10.3. The molecule has 3 aromatic rings. The van der Waals surface area contributed by atoms with Crippen LogP contribution in [0.15, 0.2) is 28.8 Å². The van der Waals surface area contributed by atoms with Crippen LogP contribution < -0.4 is 4.57 Å². The van der Waals surface area contributed by atoms with Gasteiger partial charge in [0.2, 0.25) is 12.0 Å². The summed E-state index contributed by atoms with van der Waals surface area (Å²) in [6, 6.07) is 5.20. The largest absolute Gasteiger partial charge is 0.513 e. The summed E-state index contributed by atoms with van der Waals surface area (Å²) in [7, 11) is 1.86. The Morgan fingerprint density at radius 3 is 3.21 bits per heavy atom. The van der Waals surface area contributed by atoms with Crippen molar-refractivity contribution in [3.8, 4) is 5.75 Å². The van der Waals surface area contributed by atoms with Gasteiger partial charge in [0.15, 0.2) is 0 Å². The number of nitrogens with zero attached hydrogens (tertiary/aromatic N) is 2. The molecule has 0 unspecified atom stereocenters. The van der Waals surface area contributed by atoms with Crippen LogP contribution in [0, 0.1) is 6.33 Å². The molecular formula is C10H8N2O2. The number of phenols is 1. The van der Waals surface area contributed by atoms with Crippen LogP contribution in [-0.4, -0.2) is 9.51 Å².